The fourth-order valence-corrected chi connectivity index (χ4v) is 2.49. The summed E-state index contributed by atoms with van der Waals surface area (Å²) in [5.74, 6) is 1.23. The Kier molecular flexibility index (Phi) is 7.50. The van der Waals surface area contributed by atoms with Crippen LogP contribution in [0.25, 0.3) is 0 Å². The number of anilines is 1. The summed E-state index contributed by atoms with van der Waals surface area (Å²) >= 11 is 0. The predicted octanol–water partition coefficient (Wildman–Crippen LogP) is 1.73. The van der Waals surface area contributed by atoms with Gasteiger partial charge in [0.15, 0.2) is 0 Å². The molecule has 1 aliphatic rings. The molecule has 0 radical (unpaired) electrons. The number of likely N-dealkylation sites (tertiary alicyclic amines) is 1. The van der Waals surface area contributed by atoms with E-state index in [-0.39, 0.29) is 18.3 Å². The maximum Gasteiger partial charge on any atom is 0.238 e. The van der Waals surface area contributed by atoms with Gasteiger partial charge in [0.25, 0.3) is 0 Å². The van der Waals surface area contributed by atoms with Crippen LogP contribution in [0.2, 0.25) is 0 Å². The van der Waals surface area contributed by atoms with Crippen molar-refractivity contribution in [2.75, 3.05) is 38.1 Å². The number of halogens is 1. The number of nitrogens with zero attached hydrogens (tertiary/aromatic N) is 1. The summed E-state index contributed by atoms with van der Waals surface area (Å²) in [6, 6.07) is 7.50. The lowest BCUT2D eigenvalue weighted by Crippen LogP contribution is -2.32. The van der Waals surface area contributed by atoms with Crippen LogP contribution in [0.4, 0.5) is 5.69 Å². The van der Waals surface area contributed by atoms with E-state index in [1.54, 1.807) is 0 Å². The van der Waals surface area contributed by atoms with Gasteiger partial charge in [-0.2, -0.15) is 0 Å². The summed E-state index contributed by atoms with van der Waals surface area (Å²) in [5.41, 5.74) is 6.39. The van der Waals surface area contributed by atoms with Gasteiger partial charge in [0.05, 0.1) is 18.8 Å². The predicted molar refractivity (Wildman–Crippen MR) is 87.1 cm³/mol. The number of carbonyl (C=O) groups excluding carboxylic acids is 1. The van der Waals surface area contributed by atoms with Crippen LogP contribution < -0.4 is 15.8 Å². The fourth-order valence-electron chi connectivity index (χ4n) is 2.49. The molecule has 1 saturated heterocycles. The number of para-hydroxylation sites is 2. The SMILES string of the molecule is CCOc1ccccc1NC(=O)CN1CCC(CN)C1.Cl. The van der Waals surface area contributed by atoms with E-state index in [1.807, 2.05) is 31.2 Å². The van der Waals surface area contributed by atoms with Crippen LogP contribution in [-0.2, 0) is 4.79 Å². The van der Waals surface area contributed by atoms with Crippen molar-refractivity contribution in [1.82, 2.24) is 4.90 Å². The minimum Gasteiger partial charge on any atom is -0.492 e. The molecule has 0 aliphatic carbocycles. The third kappa shape index (κ3) is 5.19. The van der Waals surface area contributed by atoms with Crippen LogP contribution in [0, 0.1) is 5.92 Å². The summed E-state index contributed by atoms with van der Waals surface area (Å²) in [6.07, 6.45) is 1.08. The molecule has 1 amide bonds. The van der Waals surface area contributed by atoms with Crippen LogP contribution in [0.5, 0.6) is 5.75 Å². The van der Waals surface area contributed by atoms with Gasteiger partial charge in [0.2, 0.25) is 5.91 Å². The zero-order valence-electron chi connectivity index (χ0n) is 12.4. The lowest BCUT2D eigenvalue weighted by molar-refractivity contribution is -0.117. The molecule has 0 saturated carbocycles. The Labute approximate surface area is 132 Å². The van der Waals surface area contributed by atoms with Crippen molar-refractivity contribution in [2.24, 2.45) is 11.7 Å². The highest BCUT2D eigenvalue weighted by molar-refractivity contribution is 5.93. The Morgan fingerprint density at radius 2 is 2.24 bits per heavy atom. The molecule has 5 nitrogen and oxygen atoms in total. The van der Waals surface area contributed by atoms with Gasteiger partial charge in [0.1, 0.15) is 5.75 Å². The van der Waals surface area contributed by atoms with Gasteiger partial charge in [-0.05, 0) is 44.5 Å². The first kappa shape index (κ1) is 17.8. The molecule has 21 heavy (non-hydrogen) atoms. The van der Waals surface area contributed by atoms with Crippen molar-refractivity contribution in [3.8, 4) is 5.75 Å². The van der Waals surface area contributed by atoms with Crippen LogP contribution in [0.3, 0.4) is 0 Å². The van der Waals surface area contributed by atoms with Crippen LogP contribution >= 0.6 is 12.4 Å². The molecule has 0 spiro atoms. The van der Waals surface area contributed by atoms with Crippen LogP contribution in [0.15, 0.2) is 24.3 Å². The first-order chi connectivity index (χ1) is 9.72. The van der Waals surface area contributed by atoms with Crippen LogP contribution in [0.1, 0.15) is 13.3 Å². The van der Waals surface area contributed by atoms with E-state index >= 15 is 0 Å². The number of benzene rings is 1. The molecule has 1 unspecified atom stereocenters. The highest BCUT2D eigenvalue weighted by Crippen LogP contribution is 2.23. The average Bonchev–Trinajstić information content (AvgIpc) is 2.89. The number of nitrogens with two attached hydrogens (primary N) is 1. The summed E-state index contributed by atoms with van der Waals surface area (Å²) in [6.45, 7) is 5.48. The zero-order valence-corrected chi connectivity index (χ0v) is 13.2. The summed E-state index contributed by atoms with van der Waals surface area (Å²) < 4.78 is 5.50. The largest absolute Gasteiger partial charge is 0.492 e. The second-order valence-corrected chi connectivity index (χ2v) is 5.10. The summed E-state index contributed by atoms with van der Waals surface area (Å²) in [7, 11) is 0. The molecule has 3 N–H and O–H groups in total. The quantitative estimate of drug-likeness (QED) is 0.839. The Morgan fingerprint density at radius 1 is 1.48 bits per heavy atom. The molecule has 118 valence electrons. The molecular formula is C15H24ClN3O2. The van der Waals surface area contributed by atoms with Crippen molar-refractivity contribution in [1.29, 1.82) is 0 Å². The molecule has 1 aromatic carbocycles. The van der Waals surface area contributed by atoms with Crippen molar-refractivity contribution in [3.63, 3.8) is 0 Å². The highest BCUT2D eigenvalue weighted by Gasteiger charge is 2.23. The summed E-state index contributed by atoms with van der Waals surface area (Å²) in [5, 5.41) is 2.92. The molecule has 1 fully saturated rings. The number of carbonyl (C=O) groups is 1. The van der Waals surface area contributed by atoms with E-state index in [9.17, 15) is 4.79 Å². The molecule has 6 heteroatoms. The number of rotatable bonds is 6. The molecular weight excluding hydrogens is 290 g/mol. The minimum atomic E-state index is -0.00479. The third-order valence-corrected chi connectivity index (χ3v) is 3.53. The lowest BCUT2D eigenvalue weighted by atomic mass is 10.1. The van der Waals surface area contributed by atoms with Crippen molar-refractivity contribution >= 4 is 24.0 Å². The van der Waals surface area contributed by atoms with Gasteiger partial charge >= 0.3 is 0 Å². The fraction of sp³-hybridized carbons (Fsp3) is 0.533. The maximum absolute atomic E-state index is 12.1. The van der Waals surface area contributed by atoms with E-state index in [4.69, 9.17) is 10.5 Å². The van der Waals surface area contributed by atoms with E-state index in [1.165, 1.54) is 0 Å². The number of hydrogen-bond donors (Lipinski definition) is 2. The lowest BCUT2D eigenvalue weighted by Gasteiger charge is -2.16. The van der Waals surface area contributed by atoms with Crippen molar-refractivity contribution < 1.29 is 9.53 Å². The molecule has 0 aromatic heterocycles. The zero-order chi connectivity index (χ0) is 14.4. The van der Waals surface area contributed by atoms with Gasteiger partial charge < -0.3 is 15.8 Å². The van der Waals surface area contributed by atoms with E-state index in [0.717, 1.165) is 25.2 Å². The molecule has 1 aliphatic heterocycles. The maximum atomic E-state index is 12.1. The van der Waals surface area contributed by atoms with Gasteiger partial charge in [-0.25, -0.2) is 0 Å². The Bertz CT molecular complexity index is 456. The number of ether oxygens (including phenoxy) is 1. The Balaban J connectivity index is 0.00000220. The van der Waals surface area contributed by atoms with E-state index < -0.39 is 0 Å². The number of amides is 1. The highest BCUT2D eigenvalue weighted by atomic mass is 35.5. The van der Waals surface area contributed by atoms with E-state index in [2.05, 4.69) is 10.2 Å². The average molecular weight is 314 g/mol. The van der Waals surface area contributed by atoms with Crippen molar-refractivity contribution in [2.45, 2.75) is 13.3 Å². The van der Waals surface area contributed by atoms with Gasteiger partial charge in [-0.15, -0.1) is 12.4 Å². The molecule has 1 heterocycles. The standard InChI is InChI=1S/C15H23N3O2.ClH/c1-2-20-14-6-4-3-5-13(14)17-15(19)11-18-8-7-12(9-16)10-18;/h3-6,12H,2,7-11,16H2,1H3,(H,17,19);1H. The minimum absolute atomic E-state index is 0. The van der Waals surface area contributed by atoms with E-state index in [0.29, 0.717) is 31.4 Å². The molecule has 1 aromatic rings. The Hall–Kier alpha value is -1.30. The summed E-state index contributed by atoms with van der Waals surface area (Å²) in [4.78, 5) is 14.2. The second kappa shape index (κ2) is 8.87. The van der Waals surface area contributed by atoms with Crippen LogP contribution in [-0.4, -0.2) is 43.6 Å². The Morgan fingerprint density at radius 3 is 2.90 bits per heavy atom. The van der Waals surface area contributed by atoms with Crippen molar-refractivity contribution in [3.05, 3.63) is 24.3 Å². The van der Waals surface area contributed by atoms with Gasteiger partial charge in [-0.3, -0.25) is 9.69 Å². The second-order valence-electron chi connectivity index (χ2n) is 5.10. The molecule has 0 bridgehead atoms. The molecule has 1 atom stereocenters. The third-order valence-electron chi connectivity index (χ3n) is 3.53. The monoisotopic (exact) mass is 313 g/mol. The first-order valence-electron chi connectivity index (χ1n) is 7.17. The van der Waals surface area contributed by atoms with Gasteiger partial charge in [-0.1, -0.05) is 12.1 Å². The number of nitrogens with one attached hydrogen (secondary N) is 1. The smallest absolute Gasteiger partial charge is 0.238 e. The topological polar surface area (TPSA) is 67.6 Å². The normalized spacial score (nSPS) is 18.1. The number of hydrogen-bond acceptors (Lipinski definition) is 4. The van der Waals surface area contributed by atoms with Gasteiger partial charge in [0, 0.05) is 6.54 Å². The first-order valence-corrected chi connectivity index (χ1v) is 7.17. The molecule has 2 rings (SSSR count).